The van der Waals surface area contributed by atoms with Gasteiger partial charge in [0.25, 0.3) is 0 Å². The monoisotopic (exact) mass is 277 g/mol. The Morgan fingerprint density at radius 3 is 2.74 bits per heavy atom. The second-order valence-corrected chi connectivity index (χ2v) is 7.05. The highest BCUT2D eigenvalue weighted by Crippen LogP contribution is 2.38. The Labute approximate surface area is 116 Å². The van der Waals surface area contributed by atoms with Crippen LogP contribution in [0, 0.1) is 0 Å². The normalized spacial score (nSPS) is 23.6. The van der Waals surface area contributed by atoms with E-state index in [9.17, 15) is 0 Å². The maximum absolute atomic E-state index is 4.85. The third kappa shape index (κ3) is 1.80. The molecule has 0 bridgehead atoms. The largest absolute Gasteiger partial charge is 0.317 e. The van der Waals surface area contributed by atoms with E-state index in [-0.39, 0.29) is 5.41 Å². The lowest BCUT2D eigenvalue weighted by Crippen LogP contribution is -2.37. The molecule has 0 unspecified atom stereocenters. The first-order valence-corrected chi connectivity index (χ1v) is 8.01. The van der Waals surface area contributed by atoms with Crippen LogP contribution in [0.15, 0.2) is 0 Å². The zero-order valence-electron chi connectivity index (χ0n) is 11.2. The van der Waals surface area contributed by atoms with Gasteiger partial charge < -0.3 is 5.32 Å². The van der Waals surface area contributed by atoms with Crippen molar-refractivity contribution in [2.45, 2.75) is 50.4 Å². The first kappa shape index (κ1) is 11.8. The summed E-state index contributed by atoms with van der Waals surface area (Å²) in [6.07, 6.45) is 6.13. The van der Waals surface area contributed by atoms with Crippen molar-refractivity contribution in [2.24, 2.45) is 0 Å². The van der Waals surface area contributed by atoms with Crippen LogP contribution in [0.25, 0.3) is 4.96 Å². The first-order valence-electron chi connectivity index (χ1n) is 7.20. The summed E-state index contributed by atoms with van der Waals surface area (Å²) in [6.45, 7) is 4.51. The molecule has 2 aromatic heterocycles. The number of nitrogens with one attached hydrogen (secondary N) is 1. The summed E-state index contributed by atoms with van der Waals surface area (Å²) in [7, 11) is 0. The third-order valence-corrected chi connectivity index (χ3v) is 5.91. The smallest absolute Gasteiger partial charge is 0.234 e. The van der Waals surface area contributed by atoms with Gasteiger partial charge in [-0.25, -0.2) is 0 Å². The highest BCUT2D eigenvalue weighted by Gasteiger charge is 2.34. The van der Waals surface area contributed by atoms with Crippen LogP contribution < -0.4 is 5.32 Å². The molecule has 1 saturated carbocycles. The van der Waals surface area contributed by atoms with E-state index in [0.29, 0.717) is 5.92 Å². The van der Waals surface area contributed by atoms with E-state index in [4.69, 9.17) is 5.10 Å². The molecular formula is C13H19N5S. The van der Waals surface area contributed by atoms with Gasteiger partial charge in [0.2, 0.25) is 4.96 Å². The van der Waals surface area contributed by atoms with E-state index in [2.05, 4.69) is 22.4 Å². The number of aromatic nitrogens is 4. The molecule has 4 rings (SSSR count). The topological polar surface area (TPSA) is 55.1 Å². The molecule has 1 aliphatic carbocycles. The number of hydrogen-bond acceptors (Lipinski definition) is 5. The van der Waals surface area contributed by atoms with Gasteiger partial charge in [0.1, 0.15) is 5.01 Å². The Bertz CT molecular complexity index is 591. The molecule has 0 radical (unpaired) electrons. The van der Waals surface area contributed by atoms with Gasteiger partial charge in [-0.2, -0.15) is 9.61 Å². The molecule has 0 spiro atoms. The highest BCUT2D eigenvalue weighted by molar-refractivity contribution is 7.16. The van der Waals surface area contributed by atoms with E-state index in [1.807, 2.05) is 4.52 Å². The Morgan fingerprint density at radius 1 is 1.26 bits per heavy atom. The predicted octanol–water partition coefficient (Wildman–Crippen LogP) is 2.09. The lowest BCUT2D eigenvalue weighted by Gasteiger charge is -2.31. The average Bonchev–Trinajstić information content (AvgIpc) is 2.90. The zero-order valence-corrected chi connectivity index (χ0v) is 12.0. The summed E-state index contributed by atoms with van der Waals surface area (Å²) in [5, 5.41) is 18.2. The van der Waals surface area contributed by atoms with Crippen LogP contribution in [0.3, 0.4) is 0 Å². The van der Waals surface area contributed by atoms with Crippen LogP contribution in [0.5, 0.6) is 0 Å². The summed E-state index contributed by atoms with van der Waals surface area (Å²) < 4.78 is 2.01. The van der Waals surface area contributed by atoms with Gasteiger partial charge in [0, 0.05) is 11.3 Å². The van der Waals surface area contributed by atoms with Gasteiger partial charge in [0.15, 0.2) is 5.82 Å². The van der Waals surface area contributed by atoms with Crippen LogP contribution in [0.4, 0.5) is 0 Å². The minimum Gasteiger partial charge on any atom is -0.317 e. The van der Waals surface area contributed by atoms with Gasteiger partial charge in [-0.3, -0.25) is 0 Å². The lowest BCUT2D eigenvalue weighted by atomic mass is 9.82. The van der Waals surface area contributed by atoms with Crippen LogP contribution in [-0.4, -0.2) is 32.9 Å². The van der Waals surface area contributed by atoms with Crippen molar-refractivity contribution < 1.29 is 0 Å². The molecule has 102 valence electrons. The van der Waals surface area contributed by atoms with E-state index >= 15 is 0 Å². The molecule has 2 aromatic rings. The second kappa shape index (κ2) is 4.24. The summed E-state index contributed by atoms with van der Waals surface area (Å²) in [5.41, 5.74) is 0.216. The number of piperidine rings is 1. The molecule has 0 aromatic carbocycles. The summed E-state index contributed by atoms with van der Waals surface area (Å²) in [5.74, 6) is 1.67. The molecule has 6 heteroatoms. The van der Waals surface area contributed by atoms with Crippen LogP contribution in [0.1, 0.15) is 55.8 Å². The van der Waals surface area contributed by atoms with Crippen molar-refractivity contribution in [3.05, 3.63) is 10.8 Å². The van der Waals surface area contributed by atoms with E-state index in [1.54, 1.807) is 11.3 Å². The molecule has 2 aliphatic rings. The van der Waals surface area contributed by atoms with E-state index in [1.165, 1.54) is 24.3 Å². The molecular weight excluding hydrogens is 258 g/mol. The SMILES string of the molecule is CC1(c2nn3c(C4CCC4)nnc3s2)CCNCC1. The summed E-state index contributed by atoms with van der Waals surface area (Å²) >= 11 is 1.73. The predicted molar refractivity (Wildman–Crippen MR) is 74.7 cm³/mol. The molecule has 1 N–H and O–H groups in total. The van der Waals surface area contributed by atoms with E-state index < -0.39 is 0 Å². The fourth-order valence-corrected chi connectivity index (χ4v) is 4.04. The maximum atomic E-state index is 4.85. The van der Waals surface area contributed by atoms with Gasteiger partial charge in [-0.1, -0.05) is 24.7 Å². The highest BCUT2D eigenvalue weighted by atomic mass is 32.1. The number of nitrogens with zero attached hydrogens (tertiary/aromatic N) is 4. The second-order valence-electron chi connectivity index (χ2n) is 6.10. The van der Waals surface area contributed by atoms with Crippen molar-refractivity contribution in [3.8, 4) is 0 Å². The quantitative estimate of drug-likeness (QED) is 0.913. The minimum absolute atomic E-state index is 0.216. The molecule has 1 aliphatic heterocycles. The summed E-state index contributed by atoms with van der Waals surface area (Å²) in [4.78, 5) is 0.969. The Balaban J connectivity index is 1.73. The number of rotatable bonds is 2. The van der Waals surface area contributed by atoms with Crippen molar-refractivity contribution in [1.82, 2.24) is 25.1 Å². The van der Waals surface area contributed by atoms with Crippen molar-refractivity contribution >= 4 is 16.3 Å². The van der Waals surface area contributed by atoms with Crippen LogP contribution in [-0.2, 0) is 5.41 Å². The van der Waals surface area contributed by atoms with Crippen LogP contribution >= 0.6 is 11.3 Å². The lowest BCUT2D eigenvalue weighted by molar-refractivity contribution is 0.330. The zero-order chi connectivity index (χ0) is 12.9. The molecule has 0 amide bonds. The molecule has 1 saturated heterocycles. The standard InChI is InChI=1S/C13H19N5S/c1-13(5-7-14-8-6-13)11-17-18-10(9-3-2-4-9)15-16-12(18)19-11/h9,14H,2-8H2,1H3. The number of hydrogen-bond donors (Lipinski definition) is 1. The Hall–Kier alpha value is -1.01. The average molecular weight is 277 g/mol. The molecule has 3 heterocycles. The molecule has 0 atom stereocenters. The molecule has 2 fully saturated rings. The van der Waals surface area contributed by atoms with Crippen molar-refractivity contribution in [2.75, 3.05) is 13.1 Å². The van der Waals surface area contributed by atoms with Gasteiger partial charge in [-0.15, -0.1) is 10.2 Å². The maximum Gasteiger partial charge on any atom is 0.234 e. The molecule has 5 nitrogen and oxygen atoms in total. The fourth-order valence-electron chi connectivity index (χ4n) is 2.99. The molecule has 19 heavy (non-hydrogen) atoms. The van der Waals surface area contributed by atoms with Crippen molar-refractivity contribution in [3.63, 3.8) is 0 Å². The van der Waals surface area contributed by atoms with Gasteiger partial charge in [0.05, 0.1) is 0 Å². The fraction of sp³-hybridized carbons (Fsp3) is 0.769. The van der Waals surface area contributed by atoms with Crippen LogP contribution in [0.2, 0.25) is 0 Å². The summed E-state index contributed by atoms with van der Waals surface area (Å²) in [6, 6.07) is 0. The van der Waals surface area contributed by atoms with E-state index in [0.717, 1.165) is 36.7 Å². The Morgan fingerprint density at radius 2 is 2.05 bits per heavy atom. The van der Waals surface area contributed by atoms with Gasteiger partial charge in [-0.05, 0) is 38.8 Å². The Kier molecular flexibility index (Phi) is 2.63. The third-order valence-electron chi connectivity index (χ3n) is 4.71. The first-order chi connectivity index (χ1) is 9.26. The van der Waals surface area contributed by atoms with Crippen molar-refractivity contribution in [1.29, 1.82) is 0 Å². The van der Waals surface area contributed by atoms with Gasteiger partial charge >= 0.3 is 0 Å². The number of fused-ring (bicyclic) bond motifs is 1. The minimum atomic E-state index is 0.216.